The Bertz CT molecular complexity index is 265. The first kappa shape index (κ1) is 10.5. The van der Waals surface area contributed by atoms with E-state index < -0.39 is 0 Å². The van der Waals surface area contributed by atoms with Crippen LogP contribution < -0.4 is 0 Å². The molecule has 13 heavy (non-hydrogen) atoms. The van der Waals surface area contributed by atoms with Gasteiger partial charge in [0, 0.05) is 29.1 Å². The van der Waals surface area contributed by atoms with E-state index in [0.717, 1.165) is 11.4 Å². The summed E-state index contributed by atoms with van der Waals surface area (Å²) in [7, 11) is 0. The maximum absolute atomic E-state index is 8.84. The highest BCUT2D eigenvalue weighted by molar-refractivity contribution is 7.99. The molecule has 0 bridgehead atoms. The van der Waals surface area contributed by atoms with Crippen LogP contribution in [-0.2, 0) is 0 Å². The second-order valence-electron chi connectivity index (χ2n) is 3.23. The Kier molecular flexibility index (Phi) is 4.25. The lowest BCUT2D eigenvalue weighted by molar-refractivity contribution is 0.250. The van der Waals surface area contributed by atoms with E-state index in [1.807, 2.05) is 26.1 Å². The van der Waals surface area contributed by atoms with Crippen LogP contribution in [0.2, 0.25) is 0 Å². The van der Waals surface area contributed by atoms with E-state index in [2.05, 4.69) is 11.1 Å². The minimum Gasteiger partial charge on any atom is -0.396 e. The lowest BCUT2D eigenvalue weighted by atomic mass is 10.2. The number of nitrogens with zero attached hydrogens (tertiary/aromatic N) is 1. The van der Waals surface area contributed by atoms with Crippen LogP contribution in [0, 0.1) is 12.8 Å². The fraction of sp³-hybridized carbons (Fsp3) is 0.500. The van der Waals surface area contributed by atoms with Crippen molar-refractivity contribution in [3.63, 3.8) is 0 Å². The molecular weight excluding hydrogens is 182 g/mol. The number of aryl methyl sites for hydroxylation is 1. The molecule has 1 unspecified atom stereocenters. The SMILES string of the molecule is Cc1cc(SCC(C)CO)ccn1. The van der Waals surface area contributed by atoms with E-state index in [9.17, 15) is 0 Å². The maximum Gasteiger partial charge on any atom is 0.0464 e. The second kappa shape index (κ2) is 5.25. The maximum atomic E-state index is 8.84. The van der Waals surface area contributed by atoms with Crippen LogP contribution in [0.25, 0.3) is 0 Å². The first-order chi connectivity index (χ1) is 6.22. The summed E-state index contributed by atoms with van der Waals surface area (Å²) in [4.78, 5) is 5.35. The Morgan fingerprint density at radius 2 is 2.38 bits per heavy atom. The van der Waals surface area contributed by atoms with Crippen LogP contribution >= 0.6 is 11.8 Å². The Morgan fingerprint density at radius 3 is 3.00 bits per heavy atom. The van der Waals surface area contributed by atoms with Crippen LogP contribution in [0.15, 0.2) is 23.2 Å². The number of aliphatic hydroxyl groups is 1. The van der Waals surface area contributed by atoms with Crippen LogP contribution in [0.5, 0.6) is 0 Å². The molecule has 1 N–H and O–H groups in total. The molecule has 1 rings (SSSR count). The average Bonchev–Trinajstić information content (AvgIpc) is 2.14. The third kappa shape index (κ3) is 3.79. The van der Waals surface area contributed by atoms with Gasteiger partial charge in [0.2, 0.25) is 0 Å². The van der Waals surface area contributed by atoms with Crippen molar-refractivity contribution >= 4 is 11.8 Å². The summed E-state index contributed by atoms with van der Waals surface area (Å²) in [5.74, 6) is 1.32. The molecule has 2 nitrogen and oxygen atoms in total. The van der Waals surface area contributed by atoms with Gasteiger partial charge in [0.15, 0.2) is 0 Å². The van der Waals surface area contributed by atoms with Crippen LogP contribution in [0.3, 0.4) is 0 Å². The van der Waals surface area contributed by atoms with Gasteiger partial charge in [0.25, 0.3) is 0 Å². The van der Waals surface area contributed by atoms with Crippen molar-refractivity contribution in [2.45, 2.75) is 18.7 Å². The van der Waals surface area contributed by atoms with E-state index in [1.165, 1.54) is 4.90 Å². The molecule has 0 aliphatic heterocycles. The quantitative estimate of drug-likeness (QED) is 0.750. The Morgan fingerprint density at radius 1 is 1.62 bits per heavy atom. The molecular formula is C10H15NOS. The molecule has 1 heterocycles. The summed E-state index contributed by atoms with van der Waals surface area (Å²) >= 11 is 1.77. The summed E-state index contributed by atoms with van der Waals surface area (Å²) in [5, 5.41) is 8.84. The van der Waals surface area contributed by atoms with E-state index in [1.54, 1.807) is 11.8 Å². The van der Waals surface area contributed by atoms with Crippen molar-refractivity contribution < 1.29 is 5.11 Å². The third-order valence-corrected chi connectivity index (χ3v) is 3.04. The van der Waals surface area contributed by atoms with E-state index in [-0.39, 0.29) is 6.61 Å². The topological polar surface area (TPSA) is 33.1 Å². The highest BCUT2D eigenvalue weighted by atomic mass is 32.2. The van der Waals surface area contributed by atoms with Crippen LogP contribution in [0.1, 0.15) is 12.6 Å². The predicted octanol–water partition coefficient (Wildman–Crippen LogP) is 2.11. The zero-order chi connectivity index (χ0) is 9.68. The molecule has 0 fully saturated rings. The van der Waals surface area contributed by atoms with Crippen molar-refractivity contribution in [1.82, 2.24) is 4.98 Å². The minimum absolute atomic E-state index is 0.261. The summed E-state index contributed by atoms with van der Waals surface area (Å²) < 4.78 is 0. The smallest absolute Gasteiger partial charge is 0.0464 e. The second-order valence-corrected chi connectivity index (χ2v) is 4.33. The summed E-state index contributed by atoms with van der Waals surface area (Å²) in [6.45, 7) is 4.29. The Labute approximate surface area is 83.4 Å². The largest absolute Gasteiger partial charge is 0.396 e. The molecule has 0 radical (unpaired) electrons. The number of thioether (sulfide) groups is 1. The van der Waals surface area contributed by atoms with Gasteiger partial charge in [-0.15, -0.1) is 11.8 Å². The molecule has 0 aromatic carbocycles. The van der Waals surface area contributed by atoms with Gasteiger partial charge in [-0.1, -0.05) is 6.92 Å². The van der Waals surface area contributed by atoms with Gasteiger partial charge < -0.3 is 5.11 Å². The first-order valence-electron chi connectivity index (χ1n) is 4.38. The van der Waals surface area contributed by atoms with Crippen molar-refractivity contribution in [1.29, 1.82) is 0 Å². The Balaban J connectivity index is 2.45. The molecule has 0 amide bonds. The molecule has 0 aliphatic carbocycles. The monoisotopic (exact) mass is 197 g/mol. The van der Waals surface area contributed by atoms with E-state index >= 15 is 0 Å². The summed E-state index contributed by atoms with van der Waals surface area (Å²) in [6, 6.07) is 4.07. The summed E-state index contributed by atoms with van der Waals surface area (Å²) in [6.07, 6.45) is 1.82. The molecule has 0 saturated carbocycles. The van der Waals surface area contributed by atoms with Crippen molar-refractivity contribution in [3.8, 4) is 0 Å². The fourth-order valence-electron chi connectivity index (χ4n) is 0.901. The number of pyridine rings is 1. The number of aliphatic hydroxyl groups excluding tert-OH is 1. The fourth-order valence-corrected chi connectivity index (χ4v) is 1.89. The third-order valence-electron chi connectivity index (χ3n) is 1.71. The van der Waals surface area contributed by atoms with E-state index in [0.29, 0.717) is 5.92 Å². The number of aromatic nitrogens is 1. The number of hydrogen-bond donors (Lipinski definition) is 1. The Hall–Kier alpha value is -0.540. The first-order valence-corrected chi connectivity index (χ1v) is 5.37. The van der Waals surface area contributed by atoms with Gasteiger partial charge in [-0.2, -0.15) is 0 Å². The molecule has 1 atom stereocenters. The lowest BCUT2D eigenvalue weighted by Crippen LogP contribution is -2.03. The minimum atomic E-state index is 0.261. The molecule has 1 aromatic heterocycles. The lowest BCUT2D eigenvalue weighted by Gasteiger charge is -2.06. The van der Waals surface area contributed by atoms with Crippen LogP contribution in [-0.4, -0.2) is 22.5 Å². The molecule has 0 aliphatic rings. The summed E-state index contributed by atoms with van der Waals surface area (Å²) in [5.41, 5.74) is 1.04. The standard InChI is InChI=1S/C10H15NOS/c1-8(6-12)7-13-10-3-4-11-9(2)5-10/h3-5,8,12H,6-7H2,1-2H3. The van der Waals surface area contributed by atoms with Gasteiger partial charge in [0.1, 0.15) is 0 Å². The predicted molar refractivity (Wildman–Crippen MR) is 55.9 cm³/mol. The van der Waals surface area contributed by atoms with Gasteiger partial charge >= 0.3 is 0 Å². The van der Waals surface area contributed by atoms with Crippen LogP contribution in [0.4, 0.5) is 0 Å². The van der Waals surface area contributed by atoms with Gasteiger partial charge in [-0.3, -0.25) is 4.98 Å². The highest BCUT2D eigenvalue weighted by Crippen LogP contribution is 2.20. The molecule has 0 spiro atoms. The zero-order valence-electron chi connectivity index (χ0n) is 8.03. The van der Waals surface area contributed by atoms with E-state index in [4.69, 9.17) is 5.11 Å². The van der Waals surface area contributed by atoms with Crippen molar-refractivity contribution in [3.05, 3.63) is 24.0 Å². The number of rotatable bonds is 4. The molecule has 3 heteroatoms. The van der Waals surface area contributed by atoms with Crippen molar-refractivity contribution in [2.75, 3.05) is 12.4 Å². The molecule has 1 aromatic rings. The normalized spacial score (nSPS) is 12.8. The molecule has 0 saturated heterocycles. The zero-order valence-corrected chi connectivity index (χ0v) is 8.84. The molecule has 72 valence electrons. The van der Waals surface area contributed by atoms with Gasteiger partial charge in [-0.25, -0.2) is 0 Å². The van der Waals surface area contributed by atoms with Gasteiger partial charge in [-0.05, 0) is 25.0 Å². The highest BCUT2D eigenvalue weighted by Gasteiger charge is 2.01. The van der Waals surface area contributed by atoms with Gasteiger partial charge in [0.05, 0.1) is 0 Å². The number of hydrogen-bond acceptors (Lipinski definition) is 3. The van der Waals surface area contributed by atoms with Crippen molar-refractivity contribution in [2.24, 2.45) is 5.92 Å². The average molecular weight is 197 g/mol.